The van der Waals surface area contributed by atoms with Crippen molar-refractivity contribution in [2.24, 2.45) is 0 Å². The van der Waals surface area contributed by atoms with Crippen LogP contribution in [-0.4, -0.2) is 30.6 Å². The SMILES string of the molecule is CCN(C)Cc1cncc(OC)c1. The highest BCUT2D eigenvalue weighted by molar-refractivity contribution is 5.23. The molecule has 0 bridgehead atoms. The van der Waals surface area contributed by atoms with Gasteiger partial charge in [0.15, 0.2) is 0 Å². The Morgan fingerprint density at radius 2 is 2.23 bits per heavy atom. The zero-order valence-electron chi connectivity index (χ0n) is 8.45. The van der Waals surface area contributed by atoms with Gasteiger partial charge in [0, 0.05) is 12.7 Å². The van der Waals surface area contributed by atoms with E-state index in [1.54, 1.807) is 13.3 Å². The molecule has 0 aliphatic heterocycles. The van der Waals surface area contributed by atoms with E-state index in [9.17, 15) is 0 Å². The quantitative estimate of drug-likeness (QED) is 0.702. The molecule has 0 N–H and O–H groups in total. The maximum Gasteiger partial charge on any atom is 0.137 e. The third kappa shape index (κ3) is 3.03. The molecule has 0 spiro atoms. The Hall–Kier alpha value is -1.09. The molecule has 72 valence electrons. The molecule has 0 atom stereocenters. The zero-order valence-corrected chi connectivity index (χ0v) is 8.45. The number of pyridine rings is 1. The summed E-state index contributed by atoms with van der Waals surface area (Å²) >= 11 is 0. The average molecular weight is 180 g/mol. The second kappa shape index (κ2) is 4.82. The van der Waals surface area contributed by atoms with E-state index in [0.717, 1.165) is 18.8 Å². The fraction of sp³-hybridized carbons (Fsp3) is 0.500. The summed E-state index contributed by atoms with van der Waals surface area (Å²) in [7, 11) is 3.74. The summed E-state index contributed by atoms with van der Waals surface area (Å²) in [6.07, 6.45) is 3.59. The molecular formula is C10H16N2O. The Kier molecular flexibility index (Phi) is 3.71. The molecule has 1 aromatic heterocycles. The largest absolute Gasteiger partial charge is 0.495 e. The van der Waals surface area contributed by atoms with Crippen LogP contribution in [0.25, 0.3) is 0 Å². The maximum absolute atomic E-state index is 5.09. The third-order valence-electron chi connectivity index (χ3n) is 2.00. The molecule has 3 nitrogen and oxygen atoms in total. The third-order valence-corrected chi connectivity index (χ3v) is 2.00. The van der Waals surface area contributed by atoms with E-state index in [1.807, 2.05) is 12.3 Å². The maximum atomic E-state index is 5.09. The molecule has 13 heavy (non-hydrogen) atoms. The number of hydrogen-bond donors (Lipinski definition) is 0. The minimum absolute atomic E-state index is 0.821. The van der Waals surface area contributed by atoms with Gasteiger partial charge in [-0.05, 0) is 25.2 Å². The van der Waals surface area contributed by atoms with Gasteiger partial charge < -0.3 is 9.64 Å². The van der Waals surface area contributed by atoms with Gasteiger partial charge in [-0.25, -0.2) is 0 Å². The Labute approximate surface area is 79.3 Å². The monoisotopic (exact) mass is 180 g/mol. The van der Waals surface area contributed by atoms with Crippen LogP contribution in [0.1, 0.15) is 12.5 Å². The predicted molar refractivity (Wildman–Crippen MR) is 52.8 cm³/mol. The molecule has 0 saturated carbocycles. The smallest absolute Gasteiger partial charge is 0.137 e. The molecule has 0 unspecified atom stereocenters. The van der Waals surface area contributed by atoms with Gasteiger partial charge in [0.25, 0.3) is 0 Å². The summed E-state index contributed by atoms with van der Waals surface area (Å²) in [6, 6.07) is 2.01. The van der Waals surface area contributed by atoms with E-state index < -0.39 is 0 Å². The molecular weight excluding hydrogens is 164 g/mol. The summed E-state index contributed by atoms with van der Waals surface area (Å²) < 4.78 is 5.09. The first-order valence-electron chi connectivity index (χ1n) is 4.42. The second-order valence-electron chi connectivity index (χ2n) is 3.06. The van der Waals surface area contributed by atoms with E-state index in [2.05, 4.69) is 23.9 Å². The highest BCUT2D eigenvalue weighted by atomic mass is 16.5. The number of rotatable bonds is 4. The van der Waals surface area contributed by atoms with Crippen molar-refractivity contribution >= 4 is 0 Å². The highest BCUT2D eigenvalue weighted by Gasteiger charge is 1.99. The van der Waals surface area contributed by atoms with Crippen LogP contribution in [0.2, 0.25) is 0 Å². The van der Waals surface area contributed by atoms with Crippen LogP contribution in [0, 0.1) is 0 Å². The summed E-state index contributed by atoms with van der Waals surface area (Å²) in [6.45, 7) is 4.09. The summed E-state index contributed by atoms with van der Waals surface area (Å²) in [5, 5.41) is 0. The predicted octanol–water partition coefficient (Wildman–Crippen LogP) is 1.54. The lowest BCUT2D eigenvalue weighted by Gasteiger charge is -2.13. The van der Waals surface area contributed by atoms with Gasteiger partial charge in [-0.1, -0.05) is 6.92 Å². The first kappa shape index (κ1) is 9.99. The van der Waals surface area contributed by atoms with Crippen LogP contribution in [-0.2, 0) is 6.54 Å². The minimum Gasteiger partial charge on any atom is -0.495 e. The molecule has 0 fully saturated rings. The van der Waals surface area contributed by atoms with E-state index in [0.29, 0.717) is 0 Å². The van der Waals surface area contributed by atoms with Crippen LogP contribution in [0.15, 0.2) is 18.5 Å². The van der Waals surface area contributed by atoms with Gasteiger partial charge in [-0.15, -0.1) is 0 Å². The molecule has 0 aliphatic carbocycles. The molecule has 1 rings (SSSR count). The van der Waals surface area contributed by atoms with Crippen molar-refractivity contribution < 1.29 is 4.74 Å². The van der Waals surface area contributed by atoms with Crippen LogP contribution < -0.4 is 4.74 Å². The van der Waals surface area contributed by atoms with Crippen LogP contribution in [0.3, 0.4) is 0 Å². The fourth-order valence-corrected chi connectivity index (χ4v) is 1.09. The lowest BCUT2D eigenvalue weighted by molar-refractivity contribution is 0.343. The molecule has 3 heteroatoms. The number of nitrogens with zero attached hydrogens (tertiary/aromatic N) is 2. The van der Waals surface area contributed by atoms with Crippen molar-refractivity contribution in [3.05, 3.63) is 24.0 Å². The number of hydrogen-bond acceptors (Lipinski definition) is 3. The molecule has 0 aromatic carbocycles. The Morgan fingerprint density at radius 1 is 1.46 bits per heavy atom. The van der Waals surface area contributed by atoms with Crippen molar-refractivity contribution in [3.63, 3.8) is 0 Å². The Morgan fingerprint density at radius 3 is 2.85 bits per heavy atom. The van der Waals surface area contributed by atoms with E-state index in [-0.39, 0.29) is 0 Å². The van der Waals surface area contributed by atoms with Gasteiger partial charge in [0.2, 0.25) is 0 Å². The first-order chi connectivity index (χ1) is 6.26. The molecule has 1 aromatic rings. The zero-order chi connectivity index (χ0) is 9.68. The standard InChI is InChI=1S/C10H16N2O/c1-4-12(2)8-9-5-10(13-3)7-11-6-9/h5-7H,4,8H2,1-3H3. The van der Waals surface area contributed by atoms with Gasteiger partial charge in [0.1, 0.15) is 5.75 Å². The highest BCUT2D eigenvalue weighted by Crippen LogP contribution is 2.11. The minimum atomic E-state index is 0.821. The molecule has 0 amide bonds. The molecule has 0 aliphatic rings. The lowest BCUT2D eigenvalue weighted by Crippen LogP contribution is -2.16. The van der Waals surface area contributed by atoms with Gasteiger partial charge in [-0.3, -0.25) is 4.98 Å². The van der Waals surface area contributed by atoms with Crippen molar-refractivity contribution in [2.45, 2.75) is 13.5 Å². The van der Waals surface area contributed by atoms with Gasteiger partial charge in [-0.2, -0.15) is 0 Å². The Balaban J connectivity index is 2.66. The molecule has 0 saturated heterocycles. The molecule has 0 radical (unpaired) electrons. The lowest BCUT2D eigenvalue weighted by atomic mass is 10.2. The number of methoxy groups -OCH3 is 1. The summed E-state index contributed by atoms with van der Waals surface area (Å²) in [5.41, 5.74) is 1.18. The molecule has 1 heterocycles. The van der Waals surface area contributed by atoms with Crippen LogP contribution in [0.4, 0.5) is 0 Å². The fourth-order valence-electron chi connectivity index (χ4n) is 1.09. The second-order valence-corrected chi connectivity index (χ2v) is 3.06. The van der Waals surface area contributed by atoms with E-state index >= 15 is 0 Å². The van der Waals surface area contributed by atoms with Gasteiger partial charge in [0.05, 0.1) is 13.3 Å². The van der Waals surface area contributed by atoms with Crippen LogP contribution >= 0.6 is 0 Å². The number of ether oxygens (including phenoxy) is 1. The summed E-state index contributed by atoms with van der Waals surface area (Å²) in [4.78, 5) is 6.31. The summed E-state index contributed by atoms with van der Waals surface area (Å²) in [5.74, 6) is 0.821. The van der Waals surface area contributed by atoms with E-state index in [4.69, 9.17) is 4.74 Å². The van der Waals surface area contributed by atoms with Crippen LogP contribution in [0.5, 0.6) is 5.75 Å². The normalized spacial score (nSPS) is 10.5. The number of aromatic nitrogens is 1. The first-order valence-corrected chi connectivity index (χ1v) is 4.42. The van der Waals surface area contributed by atoms with Gasteiger partial charge >= 0.3 is 0 Å². The van der Waals surface area contributed by atoms with E-state index in [1.165, 1.54) is 5.56 Å². The van der Waals surface area contributed by atoms with Crippen molar-refractivity contribution in [1.82, 2.24) is 9.88 Å². The Bertz CT molecular complexity index is 263. The van der Waals surface area contributed by atoms with Crippen molar-refractivity contribution in [2.75, 3.05) is 20.7 Å². The van der Waals surface area contributed by atoms with Crippen molar-refractivity contribution in [1.29, 1.82) is 0 Å². The van der Waals surface area contributed by atoms with Crippen molar-refractivity contribution in [3.8, 4) is 5.75 Å². The average Bonchev–Trinajstić information content (AvgIpc) is 2.18. The topological polar surface area (TPSA) is 25.4 Å².